The van der Waals surface area contributed by atoms with E-state index in [-0.39, 0.29) is 17.2 Å². The molecule has 0 saturated carbocycles. The molecule has 8 heteroatoms. The van der Waals surface area contributed by atoms with E-state index >= 15 is 0 Å². The first-order valence-corrected chi connectivity index (χ1v) is 10.1. The highest BCUT2D eigenvalue weighted by atomic mass is 35.5. The van der Waals surface area contributed by atoms with E-state index in [0.29, 0.717) is 18.2 Å². The monoisotopic (exact) mass is 395 g/mol. The lowest BCUT2D eigenvalue weighted by molar-refractivity contribution is 0.352. The van der Waals surface area contributed by atoms with Gasteiger partial charge in [0, 0.05) is 41.1 Å². The van der Waals surface area contributed by atoms with Gasteiger partial charge in [-0.1, -0.05) is 11.6 Å². The standard InChI is InChI=1S/C18H18ClNO5S/c1-23-15-3-2-12(19)9-17(15)26(21,22)20-10-14-13-5-7-24-16(13)8-11-4-6-25-18(11)14/h2-3,8-9,20H,4-7,10H2,1H3. The SMILES string of the molecule is COc1ccc(Cl)cc1S(=O)(=O)NCc1c2c(cc3c1OCC3)OCC2. The lowest BCUT2D eigenvalue weighted by Gasteiger charge is -2.15. The fourth-order valence-corrected chi connectivity index (χ4v) is 4.80. The van der Waals surface area contributed by atoms with Crippen molar-refractivity contribution >= 4 is 21.6 Å². The molecule has 2 aliphatic heterocycles. The van der Waals surface area contributed by atoms with Gasteiger partial charge in [0.1, 0.15) is 22.1 Å². The molecule has 0 bridgehead atoms. The Morgan fingerprint density at radius 3 is 2.81 bits per heavy atom. The second kappa shape index (κ2) is 6.64. The van der Waals surface area contributed by atoms with Crippen LogP contribution in [0.25, 0.3) is 0 Å². The molecular weight excluding hydrogens is 378 g/mol. The molecule has 0 aromatic heterocycles. The van der Waals surface area contributed by atoms with Crippen molar-refractivity contribution in [2.75, 3.05) is 20.3 Å². The zero-order valence-electron chi connectivity index (χ0n) is 14.2. The highest BCUT2D eigenvalue weighted by Crippen LogP contribution is 2.40. The summed E-state index contributed by atoms with van der Waals surface area (Å²) >= 11 is 5.97. The third-order valence-electron chi connectivity index (χ3n) is 4.61. The maximum atomic E-state index is 12.8. The van der Waals surface area contributed by atoms with E-state index in [1.54, 1.807) is 6.07 Å². The van der Waals surface area contributed by atoms with Crippen LogP contribution in [-0.2, 0) is 29.4 Å². The number of rotatable bonds is 5. The van der Waals surface area contributed by atoms with Gasteiger partial charge in [0.15, 0.2) is 0 Å². The van der Waals surface area contributed by atoms with E-state index in [1.807, 2.05) is 6.07 Å². The fraction of sp³-hybridized carbons (Fsp3) is 0.333. The van der Waals surface area contributed by atoms with Crippen molar-refractivity contribution in [2.45, 2.75) is 24.3 Å². The topological polar surface area (TPSA) is 73.9 Å². The molecule has 0 atom stereocenters. The van der Waals surface area contributed by atoms with Crippen LogP contribution >= 0.6 is 11.6 Å². The van der Waals surface area contributed by atoms with Crippen LogP contribution in [-0.4, -0.2) is 28.7 Å². The lowest BCUT2D eigenvalue weighted by Crippen LogP contribution is -2.24. The predicted molar refractivity (Wildman–Crippen MR) is 96.9 cm³/mol. The molecule has 26 heavy (non-hydrogen) atoms. The van der Waals surface area contributed by atoms with Gasteiger partial charge in [0.05, 0.1) is 20.3 Å². The first-order chi connectivity index (χ1) is 12.5. The Bertz CT molecular complexity index is 942. The number of methoxy groups -OCH3 is 1. The summed E-state index contributed by atoms with van der Waals surface area (Å²) in [5, 5.41) is 0.324. The van der Waals surface area contributed by atoms with Crippen LogP contribution in [0.5, 0.6) is 17.2 Å². The van der Waals surface area contributed by atoms with Gasteiger partial charge < -0.3 is 14.2 Å². The number of hydrogen-bond acceptors (Lipinski definition) is 5. The molecule has 0 saturated heterocycles. The summed E-state index contributed by atoms with van der Waals surface area (Å²) in [6.07, 6.45) is 1.54. The third kappa shape index (κ3) is 3.00. The average Bonchev–Trinajstić information content (AvgIpc) is 3.27. The first kappa shape index (κ1) is 17.5. The normalized spacial score (nSPS) is 15.2. The summed E-state index contributed by atoms with van der Waals surface area (Å²) in [7, 11) is -2.39. The molecule has 2 aromatic carbocycles. The summed E-state index contributed by atoms with van der Waals surface area (Å²) in [6.45, 7) is 1.31. The van der Waals surface area contributed by atoms with E-state index in [1.165, 1.54) is 19.2 Å². The predicted octanol–water partition coefficient (Wildman–Crippen LogP) is 2.70. The van der Waals surface area contributed by atoms with E-state index in [2.05, 4.69) is 4.72 Å². The average molecular weight is 396 g/mol. The Kier molecular flexibility index (Phi) is 4.46. The van der Waals surface area contributed by atoms with E-state index < -0.39 is 10.0 Å². The number of halogens is 1. The number of hydrogen-bond donors (Lipinski definition) is 1. The minimum Gasteiger partial charge on any atom is -0.495 e. The second-order valence-corrected chi connectivity index (χ2v) is 8.31. The first-order valence-electron chi connectivity index (χ1n) is 8.26. The second-order valence-electron chi connectivity index (χ2n) is 6.14. The number of benzene rings is 2. The van der Waals surface area contributed by atoms with Crippen molar-refractivity contribution in [3.8, 4) is 17.2 Å². The van der Waals surface area contributed by atoms with Gasteiger partial charge in [0.25, 0.3) is 0 Å². The number of fused-ring (bicyclic) bond motifs is 2. The minimum absolute atomic E-state index is 0.00823. The maximum Gasteiger partial charge on any atom is 0.244 e. The number of ether oxygens (including phenoxy) is 3. The van der Waals surface area contributed by atoms with Gasteiger partial charge in [-0.2, -0.15) is 0 Å². The van der Waals surface area contributed by atoms with Crippen LogP contribution in [0.4, 0.5) is 0 Å². The van der Waals surface area contributed by atoms with Gasteiger partial charge in [-0.15, -0.1) is 0 Å². The Hall–Kier alpha value is -1.96. The fourth-order valence-electron chi connectivity index (χ4n) is 3.38. The van der Waals surface area contributed by atoms with Crippen molar-refractivity contribution in [1.82, 2.24) is 4.72 Å². The summed E-state index contributed by atoms with van der Waals surface area (Å²) in [5.41, 5.74) is 2.91. The van der Waals surface area contributed by atoms with Gasteiger partial charge in [-0.3, -0.25) is 0 Å². The molecule has 4 rings (SSSR count). The van der Waals surface area contributed by atoms with Gasteiger partial charge in [-0.25, -0.2) is 13.1 Å². The zero-order chi connectivity index (χ0) is 18.3. The summed E-state index contributed by atoms with van der Waals surface area (Å²) < 4.78 is 44.9. The molecule has 2 heterocycles. The van der Waals surface area contributed by atoms with Crippen molar-refractivity contribution in [3.05, 3.63) is 46.0 Å². The summed E-state index contributed by atoms with van der Waals surface area (Å²) in [6, 6.07) is 6.50. The largest absolute Gasteiger partial charge is 0.495 e. The minimum atomic E-state index is -3.81. The Balaban J connectivity index is 1.67. The molecule has 6 nitrogen and oxygen atoms in total. The molecule has 138 valence electrons. The van der Waals surface area contributed by atoms with Crippen molar-refractivity contribution in [2.24, 2.45) is 0 Å². The van der Waals surface area contributed by atoms with Crippen LogP contribution in [0.15, 0.2) is 29.2 Å². The molecule has 0 amide bonds. The van der Waals surface area contributed by atoms with Crippen LogP contribution in [0.2, 0.25) is 5.02 Å². The summed E-state index contributed by atoms with van der Waals surface area (Å²) in [5.74, 6) is 1.84. The highest BCUT2D eigenvalue weighted by Gasteiger charge is 2.28. The van der Waals surface area contributed by atoms with Crippen molar-refractivity contribution in [3.63, 3.8) is 0 Å². The van der Waals surface area contributed by atoms with Gasteiger partial charge in [0.2, 0.25) is 10.0 Å². The van der Waals surface area contributed by atoms with Crippen molar-refractivity contribution < 1.29 is 22.6 Å². The maximum absolute atomic E-state index is 12.8. The summed E-state index contributed by atoms with van der Waals surface area (Å²) in [4.78, 5) is 0.00823. The smallest absolute Gasteiger partial charge is 0.244 e. The van der Waals surface area contributed by atoms with E-state index in [0.717, 1.165) is 41.0 Å². The molecule has 0 aliphatic carbocycles. The Labute approximate surface area is 157 Å². The molecule has 0 fully saturated rings. The molecule has 0 unspecified atom stereocenters. The molecule has 1 N–H and O–H groups in total. The van der Waals surface area contributed by atoms with Crippen LogP contribution in [0, 0.1) is 0 Å². The van der Waals surface area contributed by atoms with Crippen molar-refractivity contribution in [1.29, 1.82) is 0 Å². The molecule has 2 aromatic rings. The molecule has 2 aliphatic rings. The molecule has 0 spiro atoms. The third-order valence-corrected chi connectivity index (χ3v) is 6.27. The molecular formula is C18H18ClNO5S. The van der Waals surface area contributed by atoms with E-state index in [4.69, 9.17) is 25.8 Å². The zero-order valence-corrected chi connectivity index (χ0v) is 15.7. The number of nitrogens with one attached hydrogen (secondary N) is 1. The van der Waals surface area contributed by atoms with Gasteiger partial charge >= 0.3 is 0 Å². The molecule has 0 radical (unpaired) electrons. The highest BCUT2D eigenvalue weighted by molar-refractivity contribution is 7.89. The van der Waals surface area contributed by atoms with E-state index in [9.17, 15) is 8.42 Å². The number of sulfonamides is 1. The Morgan fingerprint density at radius 1 is 1.19 bits per heavy atom. The quantitative estimate of drug-likeness (QED) is 0.842. The van der Waals surface area contributed by atoms with Crippen LogP contribution in [0.3, 0.4) is 0 Å². The Morgan fingerprint density at radius 2 is 2.00 bits per heavy atom. The van der Waals surface area contributed by atoms with Crippen LogP contribution in [0.1, 0.15) is 16.7 Å². The van der Waals surface area contributed by atoms with Crippen LogP contribution < -0.4 is 18.9 Å². The lowest BCUT2D eigenvalue weighted by atomic mass is 10.00. The van der Waals surface area contributed by atoms with Gasteiger partial charge in [-0.05, 0) is 24.3 Å².